The van der Waals surface area contributed by atoms with Gasteiger partial charge in [0.2, 0.25) is 0 Å². The molecule has 4 unspecified atom stereocenters. The second-order valence-corrected chi connectivity index (χ2v) is 6.21. The van der Waals surface area contributed by atoms with Gasteiger partial charge in [-0.25, -0.2) is 0 Å². The third-order valence-electron chi connectivity index (χ3n) is 4.08. The highest BCUT2D eigenvalue weighted by molar-refractivity contribution is 14.1. The fourth-order valence-electron chi connectivity index (χ4n) is 3.20. The maximum atomic E-state index is 8.69. The molecule has 0 radical (unpaired) electrons. The number of ether oxygens (including phenoxy) is 2. The van der Waals surface area contributed by atoms with E-state index in [4.69, 9.17) is 14.7 Å². The maximum absolute atomic E-state index is 8.69. The molecule has 0 spiro atoms. The van der Waals surface area contributed by atoms with Crippen LogP contribution in [0.1, 0.15) is 51.9 Å². The van der Waals surface area contributed by atoms with E-state index in [0.717, 1.165) is 36.5 Å². The van der Waals surface area contributed by atoms with Crippen molar-refractivity contribution >= 4 is 22.6 Å². The summed E-state index contributed by atoms with van der Waals surface area (Å²) in [6, 6.07) is 2.22. The van der Waals surface area contributed by atoms with Crippen LogP contribution < -0.4 is 0 Å². The van der Waals surface area contributed by atoms with E-state index in [9.17, 15) is 0 Å². The molecule has 0 amide bonds. The van der Waals surface area contributed by atoms with Crippen LogP contribution in [-0.4, -0.2) is 28.3 Å². The molecule has 0 aliphatic carbocycles. The predicted octanol–water partition coefficient (Wildman–Crippen LogP) is 3.60. The predicted molar refractivity (Wildman–Crippen MR) is 78.8 cm³/mol. The average Bonchev–Trinajstić information content (AvgIpc) is 2.74. The maximum Gasteiger partial charge on any atom is 0.106 e. The van der Waals surface area contributed by atoms with Crippen molar-refractivity contribution in [2.24, 2.45) is 0 Å². The summed E-state index contributed by atoms with van der Waals surface area (Å²) >= 11 is 2.43. The van der Waals surface area contributed by atoms with Crippen LogP contribution in [0, 0.1) is 11.3 Å². The Hall–Kier alpha value is 0.140. The molecule has 0 aromatic carbocycles. The SMILES string of the molecule is CCCC1CC2(CI)OC(CCC#N)CCC2O1. The molecule has 0 bridgehead atoms. The summed E-state index contributed by atoms with van der Waals surface area (Å²) in [6.07, 6.45) is 7.90. The Bertz CT molecular complexity index is 317. The summed E-state index contributed by atoms with van der Waals surface area (Å²) in [6.45, 7) is 2.21. The summed E-state index contributed by atoms with van der Waals surface area (Å²) in [5, 5.41) is 8.69. The summed E-state index contributed by atoms with van der Waals surface area (Å²) in [5.41, 5.74) is -0.0707. The molecule has 0 saturated carbocycles. The highest BCUT2D eigenvalue weighted by Gasteiger charge is 2.51. The normalized spacial score (nSPS) is 39.3. The lowest BCUT2D eigenvalue weighted by Crippen LogP contribution is -2.49. The number of halogens is 1. The minimum atomic E-state index is -0.0707. The van der Waals surface area contributed by atoms with Gasteiger partial charge in [0.25, 0.3) is 0 Å². The van der Waals surface area contributed by atoms with Crippen LogP contribution in [0.2, 0.25) is 0 Å². The van der Waals surface area contributed by atoms with E-state index in [-0.39, 0.29) is 17.8 Å². The molecule has 0 aromatic heterocycles. The first kappa shape index (κ1) is 14.5. The van der Waals surface area contributed by atoms with Gasteiger partial charge >= 0.3 is 0 Å². The van der Waals surface area contributed by atoms with Gasteiger partial charge in [-0.2, -0.15) is 5.26 Å². The zero-order valence-corrected chi connectivity index (χ0v) is 13.2. The first-order valence-corrected chi connectivity index (χ1v) is 8.53. The Morgan fingerprint density at radius 2 is 2.17 bits per heavy atom. The summed E-state index contributed by atoms with van der Waals surface area (Å²) in [5.74, 6) is 0. The second-order valence-electron chi connectivity index (χ2n) is 5.45. The Labute approximate surface area is 123 Å². The number of rotatable bonds is 5. The van der Waals surface area contributed by atoms with Gasteiger partial charge < -0.3 is 9.47 Å². The van der Waals surface area contributed by atoms with Crippen LogP contribution in [0.4, 0.5) is 0 Å². The van der Waals surface area contributed by atoms with Crippen LogP contribution in [-0.2, 0) is 9.47 Å². The van der Waals surface area contributed by atoms with Gasteiger partial charge in [0.15, 0.2) is 0 Å². The quantitative estimate of drug-likeness (QED) is 0.554. The van der Waals surface area contributed by atoms with E-state index in [1.165, 1.54) is 6.42 Å². The molecule has 18 heavy (non-hydrogen) atoms. The van der Waals surface area contributed by atoms with E-state index in [1.54, 1.807) is 0 Å². The molecule has 2 aliphatic rings. The smallest absolute Gasteiger partial charge is 0.106 e. The molecule has 4 atom stereocenters. The standard InChI is InChI=1S/C14H22INO2/c1-2-4-12-9-14(10-15)13(17-12)7-6-11(18-14)5-3-8-16/h11-13H,2-7,9-10H2,1H3. The number of hydrogen-bond donors (Lipinski definition) is 0. The van der Waals surface area contributed by atoms with Crippen molar-refractivity contribution in [2.45, 2.75) is 75.8 Å². The first-order chi connectivity index (χ1) is 8.74. The highest BCUT2D eigenvalue weighted by Crippen LogP contribution is 2.44. The van der Waals surface area contributed by atoms with E-state index in [1.807, 2.05) is 0 Å². The first-order valence-electron chi connectivity index (χ1n) is 7.00. The number of nitrogens with zero attached hydrogens (tertiary/aromatic N) is 1. The van der Waals surface area contributed by atoms with E-state index in [2.05, 4.69) is 35.6 Å². The van der Waals surface area contributed by atoms with E-state index >= 15 is 0 Å². The van der Waals surface area contributed by atoms with Crippen molar-refractivity contribution in [3.63, 3.8) is 0 Å². The lowest BCUT2D eigenvalue weighted by atomic mass is 9.87. The molecule has 2 rings (SSSR count). The topological polar surface area (TPSA) is 42.2 Å². The molecular weight excluding hydrogens is 341 g/mol. The van der Waals surface area contributed by atoms with Crippen molar-refractivity contribution in [1.82, 2.24) is 0 Å². The number of hydrogen-bond acceptors (Lipinski definition) is 3. The summed E-state index contributed by atoms with van der Waals surface area (Å²) in [7, 11) is 0. The fraction of sp³-hybridized carbons (Fsp3) is 0.929. The average molecular weight is 363 g/mol. The van der Waals surface area contributed by atoms with Gasteiger partial charge in [-0.1, -0.05) is 35.9 Å². The van der Waals surface area contributed by atoms with Crippen molar-refractivity contribution in [1.29, 1.82) is 5.26 Å². The van der Waals surface area contributed by atoms with Gasteiger partial charge in [0.1, 0.15) is 5.60 Å². The minimum absolute atomic E-state index is 0.0707. The van der Waals surface area contributed by atoms with Crippen molar-refractivity contribution in [3.05, 3.63) is 0 Å². The molecule has 102 valence electrons. The third kappa shape index (κ3) is 3.00. The fourth-order valence-corrected chi connectivity index (χ4v) is 4.18. The Morgan fingerprint density at radius 1 is 1.33 bits per heavy atom. The molecule has 2 fully saturated rings. The minimum Gasteiger partial charge on any atom is -0.372 e. The molecule has 2 aliphatic heterocycles. The zero-order chi connectivity index (χ0) is 13.0. The Balaban J connectivity index is 1.98. The van der Waals surface area contributed by atoms with Gasteiger partial charge in [0.05, 0.1) is 24.4 Å². The van der Waals surface area contributed by atoms with Crippen LogP contribution in [0.3, 0.4) is 0 Å². The molecule has 2 heterocycles. The highest BCUT2D eigenvalue weighted by atomic mass is 127. The van der Waals surface area contributed by atoms with Crippen LogP contribution in [0.15, 0.2) is 0 Å². The van der Waals surface area contributed by atoms with Gasteiger partial charge in [-0.15, -0.1) is 0 Å². The molecule has 4 heteroatoms. The molecule has 2 saturated heterocycles. The van der Waals surface area contributed by atoms with Gasteiger partial charge in [-0.05, 0) is 25.7 Å². The lowest BCUT2D eigenvalue weighted by Gasteiger charge is -2.41. The molecule has 0 N–H and O–H groups in total. The van der Waals surface area contributed by atoms with E-state index < -0.39 is 0 Å². The van der Waals surface area contributed by atoms with E-state index in [0.29, 0.717) is 12.5 Å². The van der Waals surface area contributed by atoms with Crippen molar-refractivity contribution < 1.29 is 9.47 Å². The Morgan fingerprint density at radius 3 is 2.83 bits per heavy atom. The number of nitriles is 1. The lowest BCUT2D eigenvalue weighted by molar-refractivity contribution is -0.153. The molecular formula is C14H22INO2. The molecule has 3 nitrogen and oxygen atoms in total. The summed E-state index contributed by atoms with van der Waals surface area (Å²) < 4.78 is 13.5. The largest absolute Gasteiger partial charge is 0.372 e. The Kier molecular flexibility index (Phi) is 5.28. The molecule has 0 aromatic rings. The number of alkyl halides is 1. The van der Waals surface area contributed by atoms with Gasteiger partial charge in [-0.3, -0.25) is 0 Å². The second kappa shape index (κ2) is 6.53. The third-order valence-corrected chi connectivity index (χ3v) is 5.38. The number of fused-ring (bicyclic) bond motifs is 1. The van der Waals surface area contributed by atoms with Crippen LogP contribution in [0.25, 0.3) is 0 Å². The monoisotopic (exact) mass is 363 g/mol. The van der Waals surface area contributed by atoms with Crippen LogP contribution >= 0.6 is 22.6 Å². The zero-order valence-electron chi connectivity index (χ0n) is 11.0. The van der Waals surface area contributed by atoms with Crippen molar-refractivity contribution in [2.75, 3.05) is 4.43 Å². The van der Waals surface area contributed by atoms with Crippen molar-refractivity contribution in [3.8, 4) is 6.07 Å². The van der Waals surface area contributed by atoms with Gasteiger partial charge in [0, 0.05) is 17.3 Å². The summed E-state index contributed by atoms with van der Waals surface area (Å²) in [4.78, 5) is 0. The van der Waals surface area contributed by atoms with Crippen LogP contribution in [0.5, 0.6) is 0 Å².